The van der Waals surface area contributed by atoms with E-state index >= 15 is 0 Å². The van der Waals surface area contributed by atoms with Crippen LogP contribution < -0.4 is 5.32 Å². The van der Waals surface area contributed by atoms with Crippen molar-refractivity contribution >= 4 is 44.9 Å². The van der Waals surface area contributed by atoms with Crippen molar-refractivity contribution in [3.63, 3.8) is 0 Å². The van der Waals surface area contributed by atoms with Gasteiger partial charge in [0.15, 0.2) is 6.61 Å². The standard InChI is InChI=1S/C18H14ClNO3S/c19-16-13-8-4-5-9-14(13)24-17(16)18(22)23-11-15(21)20-10-12-6-2-1-3-7-12/h1-9H,10-11H2,(H,20,21). The molecule has 1 amide bonds. The van der Waals surface area contributed by atoms with E-state index in [0.29, 0.717) is 16.4 Å². The lowest BCUT2D eigenvalue weighted by molar-refractivity contribution is -0.124. The van der Waals surface area contributed by atoms with Crippen LogP contribution in [0.25, 0.3) is 10.1 Å². The Bertz CT molecular complexity index is 876. The third kappa shape index (κ3) is 3.75. The third-order valence-electron chi connectivity index (χ3n) is 3.39. The molecule has 3 aromatic rings. The molecule has 0 atom stereocenters. The topological polar surface area (TPSA) is 55.4 Å². The molecule has 1 aromatic heterocycles. The fourth-order valence-corrected chi connectivity index (χ4v) is 3.59. The van der Waals surface area contributed by atoms with E-state index in [1.165, 1.54) is 11.3 Å². The minimum Gasteiger partial charge on any atom is -0.451 e. The lowest BCUT2D eigenvalue weighted by Crippen LogP contribution is -2.28. The van der Waals surface area contributed by atoms with Gasteiger partial charge >= 0.3 is 5.97 Å². The van der Waals surface area contributed by atoms with E-state index in [1.807, 2.05) is 54.6 Å². The highest BCUT2D eigenvalue weighted by atomic mass is 35.5. The van der Waals surface area contributed by atoms with E-state index < -0.39 is 5.97 Å². The van der Waals surface area contributed by atoms with Crippen LogP contribution in [0.4, 0.5) is 0 Å². The number of benzene rings is 2. The van der Waals surface area contributed by atoms with Gasteiger partial charge in [0, 0.05) is 16.6 Å². The number of thiophene rings is 1. The molecule has 0 aliphatic carbocycles. The van der Waals surface area contributed by atoms with Crippen molar-refractivity contribution < 1.29 is 14.3 Å². The molecule has 0 saturated carbocycles. The van der Waals surface area contributed by atoms with Gasteiger partial charge in [-0.2, -0.15) is 0 Å². The molecule has 6 heteroatoms. The normalized spacial score (nSPS) is 10.5. The number of esters is 1. The van der Waals surface area contributed by atoms with Gasteiger partial charge in [-0.05, 0) is 11.6 Å². The highest BCUT2D eigenvalue weighted by molar-refractivity contribution is 7.21. The molecule has 4 nitrogen and oxygen atoms in total. The molecule has 1 heterocycles. The van der Waals surface area contributed by atoms with Gasteiger partial charge in [-0.1, -0.05) is 60.1 Å². The highest BCUT2D eigenvalue weighted by Gasteiger charge is 2.19. The smallest absolute Gasteiger partial charge is 0.350 e. The average Bonchev–Trinajstić information content (AvgIpc) is 2.96. The van der Waals surface area contributed by atoms with E-state index in [2.05, 4.69) is 5.32 Å². The van der Waals surface area contributed by atoms with Crippen LogP contribution in [0.2, 0.25) is 5.02 Å². The lowest BCUT2D eigenvalue weighted by atomic mass is 10.2. The number of hydrogen-bond acceptors (Lipinski definition) is 4. The van der Waals surface area contributed by atoms with Gasteiger partial charge in [0.05, 0.1) is 5.02 Å². The van der Waals surface area contributed by atoms with E-state index in [9.17, 15) is 9.59 Å². The molecule has 0 saturated heterocycles. The van der Waals surface area contributed by atoms with Crippen LogP contribution in [0.5, 0.6) is 0 Å². The van der Waals surface area contributed by atoms with Crippen molar-refractivity contribution in [2.75, 3.05) is 6.61 Å². The first-order valence-electron chi connectivity index (χ1n) is 7.30. The number of carbonyl (C=O) groups is 2. The molecule has 0 bridgehead atoms. The van der Waals surface area contributed by atoms with Crippen molar-refractivity contribution in [3.05, 3.63) is 70.1 Å². The van der Waals surface area contributed by atoms with Gasteiger partial charge < -0.3 is 10.1 Å². The summed E-state index contributed by atoms with van der Waals surface area (Å²) in [5, 5.41) is 3.88. The van der Waals surface area contributed by atoms with Crippen LogP contribution in [0, 0.1) is 0 Å². The van der Waals surface area contributed by atoms with Gasteiger partial charge in [-0.3, -0.25) is 4.79 Å². The van der Waals surface area contributed by atoms with Crippen molar-refractivity contribution in [2.45, 2.75) is 6.54 Å². The fraction of sp³-hybridized carbons (Fsp3) is 0.111. The van der Waals surface area contributed by atoms with Crippen LogP contribution in [-0.4, -0.2) is 18.5 Å². The van der Waals surface area contributed by atoms with Gasteiger partial charge in [-0.25, -0.2) is 4.79 Å². The maximum absolute atomic E-state index is 12.1. The Labute approximate surface area is 148 Å². The summed E-state index contributed by atoms with van der Waals surface area (Å²) in [6.45, 7) is 0.0527. The number of hydrogen-bond donors (Lipinski definition) is 1. The lowest BCUT2D eigenvalue weighted by Gasteiger charge is -2.06. The summed E-state index contributed by atoms with van der Waals surface area (Å²) in [6, 6.07) is 17.0. The van der Waals surface area contributed by atoms with Crippen molar-refractivity contribution in [3.8, 4) is 0 Å². The molecule has 24 heavy (non-hydrogen) atoms. The maximum Gasteiger partial charge on any atom is 0.350 e. The Morgan fingerprint density at radius 2 is 1.75 bits per heavy atom. The quantitative estimate of drug-likeness (QED) is 0.700. The molecule has 1 N–H and O–H groups in total. The van der Waals surface area contributed by atoms with Crippen LogP contribution in [0.1, 0.15) is 15.2 Å². The molecule has 0 aliphatic rings. The molecule has 3 rings (SSSR count). The van der Waals surface area contributed by atoms with Crippen LogP contribution in [-0.2, 0) is 16.1 Å². The van der Waals surface area contributed by atoms with Crippen molar-refractivity contribution in [1.82, 2.24) is 5.32 Å². The minimum absolute atomic E-state index is 0.314. The van der Waals surface area contributed by atoms with Gasteiger partial charge in [-0.15, -0.1) is 11.3 Å². The number of rotatable bonds is 5. The second-order valence-corrected chi connectivity index (χ2v) is 6.51. The summed E-state index contributed by atoms with van der Waals surface area (Å²) in [4.78, 5) is 24.2. The zero-order valence-corrected chi connectivity index (χ0v) is 14.2. The van der Waals surface area contributed by atoms with Gasteiger partial charge in [0.1, 0.15) is 4.88 Å². The highest BCUT2D eigenvalue weighted by Crippen LogP contribution is 2.35. The van der Waals surface area contributed by atoms with Crippen molar-refractivity contribution in [2.24, 2.45) is 0 Å². The Kier molecular flexibility index (Phi) is 5.13. The number of nitrogens with one attached hydrogen (secondary N) is 1. The van der Waals surface area contributed by atoms with E-state index in [1.54, 1.807) is 0 Å². The van der Waals surface area contributed by atoms with E-state index in [-0.39, 0.29) is 12.5 Å². The molecule has 2 aromatic carbocycles. The monoisotopic (exact) mass is 359 g/mol. The molecular weight excluding hydrogens is 346 g/mol. The molecule has 0 radical (unpaired) electrons. The number of amides is 1. The first-order chi connectivity index (χ1) is 11.6. The Hall–Kier alpha value is -2.37. The molecular formula is C18H14ClNO3S. The number of ether oxygens (including phenoxy) is 1. The largest absolute Gasteiger partial charge is 0.451 e. The molecule has 0 aliphatic heterocycles. The Morgan fingerprint density at radius 1 is 1.04 bits per heavy atom. The van der Waals surface area contributed by atoms with Crippen molar-refractivity contribution in [1.29, 1.82) is 0 Å². The summed E-state index contributed by atoms with van der Waals surface area (Å²) in [7, 11) is 0. The average molecular weight is 360 g/mol. The number of fused-ring (bicyclic) bond motifs is 1. The van der Waals surface area contributed by atoms with Crippen LogP contribution >= 0.6 is 22.9 Å². The third-order valence-corrected chi connectivity index (χ3v) is 5.04. The zero-order chi connectivity index (χ0) is 16.9. The maximum atomic E-state index is 12.1. The number of carbonyl (C=O) groups excluding carboxylic acids is 2. The predicted molar refractivity (Wildman–Crippen MR) is 95.4 cm³/mol. The summed E-state index contributed by atoms with van der Waals surface area (Å²) >= 11 is 7.47. The van der Waals surface area contributed by atoms with Gasteiger partial charge in [0.25, 0.3) is 5.91 Å². The summed E-state index contributed by atoms with van der Waals surface area (Å²) in [6.07, 6.45) is 0. The van der Waals surface area contributed by atoms with Gasteiger partial charge in [0.2, 0.25) is 0 Å². The summed E-state index contributed by atoms with van der Waals surface area (Å²) < 4.78 is 5.97. The van der Waals surface area contributed by atoms with E-state index in [0.717, 1.165) is 15.6 Å². The Balaban J connectivity index is 1.56. The molecule has 0 spiro atoms. The summed E-state index contributed by atoms with van der Waals surface area (Å²) in [5.74, 6) is -0.944. The first kappa shape index (κ1) is 16.5. The molecule has 0 fully saturated rings. The Morgan fingerprint density at radius 3 is 2.50 bits per heavy atom. The van der Waals surface area contributed by atoms with Crippen LogP contribution in [0.15, 0.2) is 54.6 Å². The molecule has 122 valence electrons. The van der Waals surface area contributed by atoms with Crippen LogP contribution in [0.3, 0.4) is 0 Å². The summed E-state index contributed by atoms with van der Waals surface area (Å²) in [5.41, 5.74) is 0.977. The second-order valence-electron chi connectivity index (χ2n) is 5.08. The minimum atomic E-state index is -0.587. The second kappa shape index (κ2) is 7.47. The predicted octanol–water partition coefficient (Wildman–Crippen LogP) is 4.03. The fourth-order valence-electron chi connectivity index (χ4n) is 2.19. The molecule has 0 unspecified atom stereocenters. The first-order valence-corrected chi connectivity index (χ1v) is 8.49. The number of halogens is 1. The SMILES string of the molecule is O=C(COC(=O)c1sc2ccccc2c1Cl)NCc1ccccc1. The zero-order valence-electron chi connectivity index (χ0n) is 12.6. The van der Waals surface area contributed by atoms with E-state index in [4.69, 9.17) is 16.3 Å².